The van der Waals surface area contributed by atoms with Gasteiger partial charge in [0.05, 0.1) is 12.6 Å². The van der Waals surface area contributed by atoms with Gasteiger partial charge in [-0.2, -0.15) is 4.98 Å². The minimum atomic E-state index is 0.346. The second-order valence-electron chi connectivity index (χ2n) is 4.15. The molecule has 5 nitrogen and oxygen atoms in total. The van der Waals surface area contributed by atoms with E-state index in [0.29, 0.717) is 12.0 Å². The Hall–Kier alpha value is -1.62. The summed E-state index contributed by atoms with van der Waals surface area (Å²) in [6, 6.07) is 4.38. The van der Waals surface area contributed by atoms with E-state index in [4.69, 9.17) is 4.74 Å². The zero-order valence-corrected chi connectivity index (χ0v) is 9.18. The predicted molar refractivity (Wildman–Crippen MR) is 60.6 cm³/mol. The molecule has 0 aromatic carbocycles. The Morgan fingerprint density at radius 1 is 1.56 bits per heavy atom. The molecule has 0 spiro atoms. The monoisotopic (exact) mass is 218 g/mol. The molecule has 5 heteroatoms. The molecule has 1 atom stereocenters. The third-order valence-corrected chi connectivity index (χ3v) is 2.76. The molecule has 2 aromatic heterocycles. The van der Waals surface area contributed by atoms with Crippen molar-refractivity contribution in [2.45, 2.75) is 19.4 Å². The molecular formula is C11H14N4O. The van der Waals surface area contributed by atoms with Crippen LogP contribution in [0.15, 0.2) is 18.3 Å². The second-order valence-corrected chi connectivity index (χ2v) is 4.15. The number of anilines is 1. The zero-order chi connectivity index (χ0) is 11.0. The summed E-state index contributed by atoms with van der Waals surface area (Å²) in [4.78, 5) is 4.42. The van der Waals surface area contributed by atoms with E-state index in [-0.39, 0.29) is 0 Å². The van der Waals surface area contributed by atoms with E-state index in [2.05, 4.69) is 15.4 Å². The van der Waals surface area contributed by atoms with Crippen molar-refractivity contribution in [2.24, 2.45) is 0 Å². The second kappa shape index (κ2) is 3.75. The number of rotatable bonds is 2. The van der Waals surface area contributed by atoms with Gasteiger partial charge >= 0.3 is 0 Å². The fraction of sp³-hybridized carbons (Fsp3) is 0.455. The average Bonchev–Trinajstić information content (AvgIpc) is 2.86. The van der Waals surface area contributed by atoms with Crippen molar-refractivity contribution < 1.29 is 4.74 Å². The fourth-order valence-electron chi connectivity index (χ4n) is 1.88. The number of aromatic nitrogens is 3. The number of nitrogens with zero attached hydrogens (tertiary/aromatic N) is 3. The summed E-state index contributed by atoms with van der Waals surface area (Å²) < 4.78 is 7.08. The number of hydrogen-bond acceptors (Lipinski definition) is 4. The van der Waals surface area contributed by atoms with Gasteiger partial charge in [0.25, 0.3) is 0 Å². The van der Waals surface area contributed by atoms with Crippen LogP contribution in [0.25, 0.3) is 5.65 Å². The van der Waals surface area contributed by atoms with E-state index in [1.165, 1.54) is 5.56 Å². The number of fused-ring (bicyclic) bond motifs is 1. The molecule has 3 rings (SSSR count). The van der Waals surface area contributed by atoms with Gasteiger partial charge in [-0.1, -0.05) is 0 Å². The number of pyridine rings is 1. The van der Waals surface area contributed by atoms with Crippen molar-refractivity contribution in [3.05, 3.63) is 23.9 Å². The maximum atomic E-state index is 5.30. The molecule has 1 fully saturated rings. The molecule has 0 radical (unpaired) electrons. The Balaban J connectivity index is 1.86. The minimum Gasteiger partial charge on any atom is -0.379 e. The van der Waals surface area contributed by atoms with Crippen LogP contribution in [0.2, 0.25) is 0 Å². The highest BCUT2D eigenvalue weighted by Gasteiger charge is 2.16. The summed E-state index contributed by atoms with van der Waals surface area (Å²) in [7, 11) is 0. The zero-order valence-electron chi connectivity index (χ0n) is 9.18. The Morgan fingerprint density at radius 2 is 2.50 bits per heavy atom. The molecule has 84 valence electrons. The van der Waals surface area contributed by atoms with Gasteiger partial charge in [0.2, 0.25) is 5.95 Å². The van der Waals surface area contributed by atoms with E-state index in [1.54, 1.807) is 4.52 Å². The van der Waals surface area contributed by atoms with Crippen LogP contribution in [-0.2, 0) is 4.74 Å². The molecule has 0 amide bonds. The molecule has 16 heavy (non-hydrogen) atoms. The van der Waals surface area contributed by atoms with Gasteiger partial charge in [0.15, 0.2) is 5.65 Å². The SMILES string of the molecule is Cc1ccn2nc(NC3CCOC3)nc2c1. The van der Waals surface area contributed by atoms with Crippen molar-refractivity contribution in [3.63, 3.8) is 0 Å². The lowest BCUT2D eigenvalue weighted by molar-refractivity contribution is 0.195. The molecule has 1 aliphatic rings. The van der Waals surface area contributed by atoms with Crippen LogP contribution in [0.3, 0.4) is 0 Å². The third kappa shape index (κ3) is 1.74. The molecule has 1 N–H and O–H groups in total. The van der Waals surface area contributed by atoms with E-state index >= 15 is 0 Å². The van der Waals surface area contributed by atoms with Gasteiger partial charge in [-0.3, -0.25) is 0 Å². The summed E-state index contributed by atoms with van der Waals surface area (Å²) in [6.45, 7) is 3.62. The molecule has 1 saturated heterocycles. The van der Waals surface area contributed by atoms with E-state index in [1.807, 2.05) is 25.3 Å². The Morgan fingerprint density at radius 3 is 3.31 bits per heavy atom. The highest BCUT2D eigenvalue weighted by molar-refractivity contribution is 5.45. The summed E-state index contributed by atoms with van der Waals surface area (Å²) in [5.41, 5.74) is 2.07. The first-order valence-electron chi connectivity index (χ1n) is 5.48. The molecular weight excluding hydrogens is 204 g/mol. The molecule has 0 bridgehead atoms. The smallest absolute Gasteiger partial charge is 0.243 e. The van der Waals surface area contributed by atoms with Crippen LogP contribution in [0.1, 0.15) is 12.0 Å². The van der Waals surface area contributed by atoms with Crippen LogP contribution in [0.4, 0.5) is 5.95 Å². The first-order valence-corrected chi connectivity index (χ1v) is 5.48. The molecule has 1 unspecified atom stereocenters. The van der Waals surface area contributed by atoms with Crippen LogP contribution in [0.5, 0.6) is 0 Å². The molecule has 2 aromatic rings. The van der Waals surface area contributed by atoms with Crippen LogP contribution < -0.4 is 5.32 Å². The molecule has 3 heterocycles. The number of hydrogen-bond donors (Lipinski definition) is 1. The predicted octanol–water partition coefficient (Wildman–Crippen LogP) is 1.24. The lowest BCUT2D eigenvalue weighted by atomic mass is 10.3. The topological polar surface area (TPSA) is 51.5 Å². The first kappa shape index (κ1) is 9.59. The maximum Gasteiger partial charge on any atom is 0.243 e. The largest absolute Gasteiger partial charge is 0.379 e. The third-order valence-electron chi connectivity index (χ3n) is 2.76. The Kier molecular flexibility index (Phi) is 2.25. The van der Waals surface area contributed by atoms with Gasteiger partial charge in [-0.15, -0.1) is 5.10 Å². The van der Waals surface area contributed by atoms with Crippen molar-refractivity contribution in [1.29, 1.82) is 0 Å². The number of nitrogens with one attached hydrogen (secondary N) is 1. The van der Waals surface area contributed by atoms with Crippen molar-refractivity contribution in [3.8, 4) is 0 Å². The lowest BCUT2D eigenvalue weighted by Gasteiger charge is -2.06. The van der Waals surface area contributed by atoms with Crippen LogP contribution >= 0.6 is 0 Å². The normalized spacial score (nSPS) is 20.4. The highest BCUT2D eigenvalue weighted by Crippen LogP contribution is 2.12. The number of aryl methyl sites for hydroxylation is 1. The van der Waals surface area contributed by atoms with Crippen molar-refractivity contribution in [1.82, 2.24) is 14.6 Å². The Labute approximate surface area is 93.4 Å². The van der Waals surface area contributed by atoms with Crippen LogP contribution in [-0.4, -0.2) is 33.9 Å². The quantitative estimate of drug-likeness (QED) is 0.824. The molecule has 0 aliphatic carbocycles. The summed E-state index contributed by atoms with van der Waals surface area (Å²) in [6.07, 6.45) is 2.95. The minimum absolute atomic E-state index is 0.346. The van der Waals surface area contributed by atoms with E-state index < -0.39 is 0 Å². The summed E-state index contributed by atoms with van der Waals surface area (Å²) >= 11 is 0. The van der Waals surface area contributed by atoms with Crippen molar-refractivity contribution in [2.75, 3.05) is 18.5 Å². The van der Waals surface area contributed by atoms with Crippen molar-refractivity contribution >= 4 is 11.6 Å². The summed E-state index contributed by atoms with van der Waals surface area (Å²) in [5.74, 6) is 0.682. The molecule has 1 aliphatic heterocycles. The van der Waals surface area contributed by atoms with Gasteiger partial charge in [0.1, 0.15) is 0 Å². The van der Waals surface area contributed by atoms with Gasteiger partial charge < -0.3 is 10.1 Å². The van der Waals surface area contributed by atoms with Gasteiger partial charge in [0, 0.05) is 12.8 Å². The van der Waals surface area contributed by atoms with Crippen LogP contribution in [0, 0.1) is 6.92 Å². The highest BCUT2D eigenvalue weighted by atomic mass is 16.5. The van der Waals surface area contributed by atoms with E-state index in [9.17, 15) is 0 Å². The standard InChI is InChI=1S/C11H14N4O/c1-8-2-4-15-10(6-8)13-11(14-15)12-9-3-5-16-7-9/h2,4,6,9H,3,5,7H2,1H3,(H,12,14). The summed E-state index contributed by atoms with van der Waals surface area (Å²) in [5, 5.41) is 7.64. The maximum absolute atomic E-state index is 5.30. The molecule has 0 saturated carbocycles. The first-order chi connectivity index (χ1) is 7.81. The van der Waals surface area contributed by atoms with Gasteiger partial charge in [-0.25, -0.2) is 4.52 Å². The fourth-order valence-corrected chi connectivity index (χ4v) is 1.88. The average molecular weight is 218 g/mol. The lowest BCUT2D eigenvalue weighted by Crippen LogP contribution is -2.19. The Bertz CT molecular complexity index is 502. The van der Waals surface area contributed by atoms with E-state index in [0.717, 1.165) is 25.3 Å². The van der Waals surface area contributed by atoms with Gasteiger partial charge in [-0.05, 0) is 31.0 Å². The number of ether oxygens (including phenoxy) is 1.